The standard InChI is InChI=1S/C18H16N4O3/c1-2-3-7-14(23)22-12-6-4-5-11(8-12)16-15-13(18(24)25)9-19-17(15)21-10-20-16/h3-10H,2H2,1H3,(H,22,23)(H,24,25)(H,19,20,21)/b7-3+. The van der Waals surface area contributed by atoms with Crippen molar-refractivity contribution in [2.45, 2.75) is 13.3 Å². The molecule has 7 nitrogen and oxygen atoms in total. The Balaban J connectivity index is 2.03. The molecule has 3 rings (SSSR count). The molecule has 2 aromatic heterocycles. The number of aromatic carboxylic acids is 1. The minimum absolute atomic E-state index is 0.103. The summed E-state index contributed by atoms with van der Waals surface area (Å²) in [5.41, 5.74) is 2.33. The topological polar surface area (TPSA) is 108 Å². The number of aromatic nitrogens is 3. The molecule has 2 heterocycles. The Morgan fingerprint density at radius 3 is 2.92 bits per heavy atom. The molecule has 3 aromatic rings. The van der Waals surface area contributed by atoms with Crippen molar-refractivity contribution >= 4 is 28.6 Å². The lowest BCUT2D eigenvalue weighted by Crippen LogP contribution is -2.07. The Hall–Kier alpha value is -3.48. The van der Waals surface area contributed by atoms with Crippen molar-refractivity contribution in [1.29, 1.82) is 0 Å². The number of H-pyrrole nitrogens is 1. The number of allylic oxidation sites excluding steroid dienone is 1. The fraction of sp³-hybridized carbons (Fsp3) is 0.111. The number of carboxylic acids is 1. The second kappa shape index (κ2) is 6.96. The highest BCUT2D eigenvalue weighted by Crippen LogP contribution is 2.29. The number of hydrogen-bond acceptors (Lipinski definition) is 4. The van der Waals surface area contributed by atoms with E-state index in [1.807, 2.05) is 6.92 Å². The highest BCUT2D eigenvalue weighted by Gasteiger charge is 2.17. The summed E-state index contributed by atoms with van der Waals surface area (Å²) in [5.74, 6) is -1.28. The third-order valence-electron chi connectivity index (χ3n) is 3.61. The molecule has 0 aliphatic carbocycles. The number of carbonyl (C=O) groups excluding carboxylic acids is 1. The number of nitrogens with zero attached hydrogens (tertiary/aromatic N) is 2. The largest absolute Gasteiger partial charge is 0.478 e. The molecule has 0 aliphatic heterocycles. The van der Waals surface area contributed by atoms with Crippen LogP contribution in [-0.4, -0.2) is 31.9 Å². The van der Waals surface area contributed by atoms with Crippen molar-refractivity contribution in [2.24, 2.45) is 0 Å². The third-order valence-corrected chi connectivity index (χ3v) is 3.61. The van der Waals surface area contributed by atoms with E-state index in [-0.39, 0.29) is 11.5 Å². The summed E-state index contributed by atoms with van der Waals surface area (Å²) in [7, 11) is 0. The van der Waals surface area contributed by atoms with Crippen LogP contribution in [0.3, 0.4) is 0 Å². The summed E-state index contributed by atoms with van der Waals surface area (Å²) in [5, 5.41) is 12.6. The van der Waals surface area contributed by atoms with E-state index in [0.29, 0.717) is 28.0 Å². The van der Waals surface area contributed by atoms with Crippen LogP contribution in [0.25, 0.3) is 22.3 Å². The van der Waals surface area contributed by atoms with Gasteiger partial charge in [-0.2, -0.15) is 0 Å². The first kappa shape index (κ1) is 16.4. The number of amides is 1. The van der Waals surface area contributed by atoms with Crippen molar-refractivity contribution in [1.82, 2.24) is 15.0 Å². The van der Waals surface area contributed by atoms with Gasteiger partial charge in [0.25, 0.3) is 0 Å². The molecule has 0 unspecified atom stereocenters. The van der Waals surface area contributed by atoms with Gasteiger partial charge in [-0.3, -0.25) is 4.79 Å². The molecular formula is C18H16N4O3. The fourth-order valence-corrected chi connectivity index (χ4v) is 2.50. The van der Waals surface area contributed by atoms with Crippen molar-refractivity contribution in [2.75, 3.05) is 5.32 Å². The summed E-state index contributed by atoms with van der Waals surface area (Å²) in [6.07, 6.45) is 6.79. The number of carboxylic acid groups (broad SMARTS) is 1. The van der Waals surface area contributed by atoms with Crippen LogP contribution in [0.1, 0.15) is 23.7 Å². The van der Waals surface area contributed by atoms with E-state index >= 15 is 0 Å². The number of nitrogens with one attached hydrogen (secondary N) is 2. The van der Waals surface area contributed by atoms with Crippen LogP contribution in [0.4, 0.5) is 5.69 Å². The Morgan fingerprint density at radius 1 is 1.32 bits per heavy atom. The van der Waals surface area contributed by atoms with Crippen LogP contribution in [0, 0.1) is 0 Å². The van der Waals surface area contributed by atoms with Gasteiger partial charge >= 0.3 is 5.97 Å². The monoisotopic (exact) mass is 336 g/mol. The van der Waals surface area contributed by atoms with E-state index in [4.69, 9.17) is 0 Å². The van der Waals surface area contributed by atoms with E-state index in [2.05, 4.69) is 20.3 Å². The quantitative estimate of drug-likeness (QED) is 0.620. The van der Waals surface area contributed by atoms with Crippen LogP contribution < -0.4 is 5.32 Å². The van der Waals surface area contributed by atoms with E-state index in [0.717, 1.165) is 6.42 Å². The molecule has 7 heteroatoms. The van der Waals surface area contributed by atoms with Crippen LogP contribution in [0.2, 0.25) is 0 Å². The lowest BCUT2D eigenvalue weighted by molar-refractivity contribution is -0.111. The zero-order chi connectivity index (χ0) is 17.8. The number of benzene rings is 1. The predicted octanol–water partition coefficient (Wildman–Crippen LogP) is 3.23. The molecule has 1 aromatic carbocycles. The van der Waals surface area contributed by atoms with Crippen molar-refractivity contribution in [3.63, 3.8) is 0 Å². The molecule has 25 heavy (non-hydrogen) atoms. The summed E-state index contributed by atoms with van der Waals surface area (Å²) in [6.45, 7) is 1.95. The van der Waals surface area contributed by atoms with Crippen LogP contribution in [-0.2, 0) is 4.79 Å². The number of aromatic amines is 1. The Labute approximate surface area is 143 Å². The van der Waals surface area contributed by atoms with Gasteiger partial charge in [-0.1, -0.05) is 25.1 Å². The van der Waals surface area contributed by atoms with E-state index < -0.39 is 5.97 Å². The molecule has 0 fully saturated rings. The molecule has 0 spiro atoms. The number of hydrogen-bond donors (Lipinski definition) is 3. The number of fused-ring (bicyclic) bond motifs is 1. The molecule has 0 bridgehead atoms. The molecule has 0 saturated carbocycles. The average Bonchev–Trinajstić information content (AvgIpc) is 3.04. The molecule has 0 atom stereocenters. The lowest BCUT2D eigenvalue weighted by Gasteiger charge is -2.07. The molecule has 3 N–H and O–H groups in total. The van der Waals surface area contributed by atoms with Gasteiger partial charge in [0.1, 0.15) is 12.0 Å². The summed E-state index contributed by atoms with van der Waals surface area (Å²) in [4.78, 5) is 34.4. The van der Waals surface area contributed by atoms with Crippen molar-refractivity contribution < 1.29 is 14.7 Å². The predicted molar refractivity (Wildman–Crippen MR) is 94.3 cm³/mol. The highest BCUT2D eigenvalue weighted by atomic mass is 16.4. The Morgan fingerprint density at radius 2 is 2.16 bits per heavy atom. The van der Waals surface area contributed by atoms with Crippen molar-refractivity contribution in [3.05, 3.63) is 54.5 Å². The first-order valence-corrected chi connectivity index (χ1v) is 7.73. The molecule has 126 valence electrons. The van der Waals surface area contributed by atoms with Gasteiger partial charge in [0.05, 0.1) is 16.6 Å². The van der Waals surface area contributed by atoms with Gasteiger partial charge in [0.2, 0.25) is 5.91 Å². The van der Waals surface area contributed by atoms with Gasteiger partial charge in [-0.15, -0.1) is 0 Å². The number of carbonyl (C=O) groups is 2. The average molecular weight is 336 g/mol. The van der Waals surface area contributed by atoms with Gasteiger partial charge < -0.3 is 15.4 Å². The van der Waals surface area contributed by atoms with Gasteiger partial charge in [-0.05, 0) is 24.6 Å². The van der Waals surface area contributed by atoms with Crippen molar-refractivity contribution in [3.8, 4) is 11.3 Å². The Kier molecular flexibility index (Phi) is 4.56. The first-order valence-electron chi connectivity index (χ1n) is 7.73. The van der Waals surface area contributed by atoms with Gasteiger partial charge in [0.15, 0.2) is 0 Å². The zero-order valence-electron chi connectivity index (χ0n) is 13.5. The van der Waals surface area contributed by atoms with E-state index in [1.54, 1.807) is 30.3 Å². The summed E-state index contributed by atoms with van der Waals surface area (Å²) < 4.78 is 0. The van der Waals surface area contributed by atoms with Crippen LogP contribution in [0.15, 0.2) is 48.9 Å². The van der Waals surface area contributed by atoms with Crippen LogP contribution in [0.5, 0.6) is 0 Å². The molecule has 0 aliphatic rings. The minimum atomic E-state index is -1.06. The number of rotatable bonds is 5. The molecule has 0 saturated heterocycles. The highest BCUT2D eigenvalue weighted by molar-refractivity contribution is 6.07. The summed E-state index contributed by atoms with van der Waals surface area (Å²) >= 11 is 0. The maximum Gasteiger partial charge on any atom is 0.338 e. The second-order valence-corrected chi connectivity index (χ2v) is 5.33. The normalized spacial score (nSPS) is 11.1. The van der Waals surface area contributed by atoms with Crippen LogP contribution >= 0.6 is 0 Å². The first-order chi connectivity index (χ1) is 12.1. The van der Waals surface area contributed by atoms with E-state index in [9.17, 15) is 14.7 Å². The maximum atomic E-state index is 11.8. The molecule has 0 radical (unpaired) electrons. The molecular weight excluding hydrogens is 320 g/mol. The number of anilines is 1. The van der Waals surface area contributed by atoms with Gasteiger partial charge in [-0.25, -0.2) is 14.8 Å². The van der Waals surface area contributed by atoms with Gasteiger partial charge in [0, 0.05) is 17.4 Å². The summed E-state index contributed by atoms with van der Waals surface area (Å²) in [6, 6.07) is 7.08. The smallest absolute Gasteiger partial charge is 0.338 e. The fourth-order valence-electron chi connectivity index (χ4n) is 2.50. The second-order valence-electron chi connectivity index (χ2n) is 5.33. The SMILES string of the molecule is CC/C=C/C(=O)Nc1cccc(-c2ncnc3[nH]cc(C(=O)O)c23)c1. The van der Waals surface area contributed by atoms with E-state index in [1.165, 1.54) is 18.6 Å². The minimum Gasteiger partial charge on any atom is -0.478 e. The lowest BCUT2D eigenvalue weighted by atomic mass is 10.1. The zero-order valence-corrected chi connectivity index (χ0v) is 13.5. The molecule has 1 amide bonds. The third kappa shape index (κ3) is 3.40. The maximum absolute atomic E-state index is 11.8. The Bertz CT molecular complexity index is 975.